The van der Waals surface area contributed by atoms with Crippen LogP contribution in [0.2, 0.25) is 0 Å². The average Bonchev–Trinajstić information content (AvgIpc) is 3.46. The number of nitrogens with zero attached hydrogens (tertiary/aromatic N) is 2. The number of nitrogens with one attached hydrogen (secondary N) is 3. The van der Waals surface area contributed by atoms with Crippen LogP contribution in [0.1, 0.15) is 25.1 Å². The molecule has 0 saturated carbocycles. The highest BCUT2D eigenvalue weighted by Crippen LogP contribution is 2.27. The van der Waals surface area contributed by atoms with Crippen molar-refractivity contribution >= 4 is 28.0 Å². The molecule has 6 heteroatoms. The summed E-state index contributed by atoms with van der Waals surface area (Å²) in [6.07, 6.45) is 7.84. The molecule has 5 N–H and O–H groups in total. The summed E-state index contributed by atoms with van der Waals surface area (Å²) in [4.78, 5) is 7.98. The third-order valence-electron chi connectivity index (χ3n) is 5.39. The van der Waals surface area contributed by atoms with Crippen LogP contribution in [0.25, 0.3) is 27.6 Å². The van der Waals surface area contributed by atoms with Crippen molar-refractivity contribution in [2.24, 2.45) is 10.7 Å². The van der Waals surface area contributed by atoms with Crippen LogP contribution in [0.3, 0.4) is 0 Å². The Balaban J connectivity index is 1.68. The lowest BCUT2D eigenvalue weighted by atomic mass is 9.98. The lowest BCUT2D eigenvalue weighted by Crippen LogP contribution is -2.17. The highest BCUT2D eigenvalue weighted by molar-refractivity contribution is 6.13. The van der Waals surface area contributed by atoms with Crippen LogP contribution in [0.4, 0.5) is 5.69 Å². The number of benzene rings is 2. The molecule has 2 aromatic heterocycles. The smallest absolute Gasteiger partial charge is 0.130 e. The maximum atomic E-state index is 5.82. The summed E-state index contributed by atoms with van der Waals surface area (Å²) in [6.45, 7) is 6.36. The summed E-state index contributed by atoms with van der Waals surface area (Å²) in [5.41, 5.74) is 14.4. The van der Waals surface area contributed by atoms with Gasteiger partial charge in [-0.15, -0.1) is 0 Å². The largest absolute Gasteiger partial charge is 0.359 e. The second-order valence-corrected chi connectivity index (χ2v) is 7.67. The van der Waals surface area contributed by atoms with E-state index in [2.05, 4.69) is 81.8 Å². The number of fused-ring (bicyclic) bond motifs is 1. The number of aromatic amines is 2. The molecule has 0 bridgehead atoms. The predicted molar refractivity (Wildman–Crippen MR) is 135 cm³/mol. The molecule has 4 rings (SSSR count). The van der Waals surface area contributed by atoms with Gasteiger partial charge in [0.25, 0.3) is 0 Å². The van der Waals surface area contributed by atoms with Crippen molar-refractivity contribution in [1.29, 1.82) is 0 Å². The summed E-state index contributed by atoms with van der Waals surface area (Å²) < 4.78 is 0. The molecule has 0 amide bonds. The van der Waals surface area contributed by atoms with Crippen LogP contribution >= 0.6 is 0 Å². The van der Waals surface area contributed by atoms with Crippen LogP contribution in [0, 0.1) is 6.92 Å². The SMILES string of the molecule is C\C=C/C(=C(C)/C(=N\CN)Nc1ccc(-c2cn[nH]c2)cc1)c1ccc2cc(C)[nH]c2c1. The Hall–Kier alpha value is -3.90. The van der Waals surface area contributed by atoms with Gasteiger partial charge in [-0.05, 0) is 72.7 Å². The molecule has 0 fully saturated rings. The van der Waals surface area contributed by atoms with Gasteiger partial charge in [0.05, 0.1) is 12.9 Å². The molecule has 0 spiro atoms. The second-order valence-electron chi connectivity index (χ2n) is 7.67. The van der Waals surface area contributed by atoms with Gasteiger partial charge in [0, 0.05) is 28.7 Å². The van der Waals surface area contributed by atoms with E-state index in [1.165, 1.54) is 5.39 Å². The number of aromatic nitrogens is 3. The molecule has 6 nitrogen and oxygen atoms in total. The van der Waals surface area contributed by atoms with E-state index < -0.39 is 0 Å². The van der Waals surface area contributed by atoms with Crippen LogP contribution in [-0.4, -0.2) is 27.7 Å². The Morgan fingerprint density at radius 1 is 1.12 bits per heavy atom. The molecule has 2 heterocycles. The molecule has 0 unspecified atom stereocenters. The number of amidine groups is 1. The molecule has 0 saturated heterocycles. The number of anilines is 1. The normalized spacial score (nSPS) is 13.1. The molecule has 0 atom stereocenters. The zero-order chi connectivity index (χ0) is 22.5. The van der Waals surface area contributed by atoms with Crippen molar-refractivity contribution in [3.63, 3.8) is 0 Å². The summed E-state index contributed by atoms with van der Waals surface area (Å²) in [6, 6.07) is 16.8. The highest BCUT2D eigenvalue weighted by Gasteiger charge is 2.11. The number of hydrogen-bond donors (Lipinski definition) is 4. The van der Waals surface area contributed by atoms with Gasteiger partial charge in [-0.2, -0.15) is 5.10 Å². The summed E-state index contributed by atoms with van der Waals surface area (Å²) >= 11 is 0. The number of rotatable bonds is 6. The Bertz CT molecular complexity index is 1290. The molecular formula is C26H28N6. The lowest BCUT2D eigenvalue weighted by molar-refractivity contribution is 1.07. The van der Waals surface area contributed by atoms with E-state index in [0.29, 0.717) is 0 Å². The van der Waals surface area contributed by atoms with Gasteiger partial charge in [0.1, 0.15) is 5.84 Å². The Kier molecular flexibility index (Phi) is 6.33. The van der Waals surface area contributed by atoms with Crippen LogP contribution in [0.15, 0.2) is 83.6 Å². The van der Waals surface area contributed by atoms with E-state index in [-0.39, 0.29) is 6.67 Å². The molecular weight excluding hydrogens is 396 g/mol. The molecule has 0 aliphatic rings. The van der Waals surface area contributed by atoms with Crippen molar-refractivity contribution in [2.75, 3.05) is 12.0 Å². The number of hydrogen-bond acceptors (Lipinski definition) is 3. The Morgan fingerprint density at radius 3 is 2.62 bits per heavy atom. The lowest BCUT2D eigenvalue weighted by Gasteiger charge is -2.15. The topological polar surface area (TPSA) is 94.9 Å². The number of H-pyrrole nitrogens is 2. The van der Waals surface area contributed by atoms with Crippen LogP contribution < -0.4 is 11.1 Å². The minimum Gasteiger partial charge on any atom is -0.359 e. The summed E-state index contributed by atoms with van der Waals surface area (Å²) in [5.74, 6) is 0.749. The van der Waals surface area contributed by atoms with Crippen molar-refractivity contribution in [1.82, 2.24) is 15.2 Å². The monoisotopic (exact) mass is 424 g/mol. The highest BCUT2D eigenvalue weighted by atomic mass is 15.1. The molecule has 0 radical (unpaired) electrons. The molecule has 0 aliphatic carbocycles. The number of allylic oxidation sites excluding steroid dienone is 3. The fourth-order valence-corrected chi connectivity index (χ4v) is 3.81. The van der Waals surface area contributed by atoms with E-state index in [1.807, 2.05) is 37.5 Å². The van der Waals surface area contributed by atoms with E-state index in [9.17, 15) is 0 Å². The minimum absolute atomic E-state index is 0.199. The van der Waals surface area contributed by atoms with Gasteiger partial charge >= 0.3 is 0 Å². The van der Waals surface area contributed by atoms with Gasteiger partial charge in [-0.25, -0.2) is 0 Å². The number of aliphatic imine (C=N–C) groups is 1. The summed E-state index contributed by atoms with van der Waals surface area (Å²) in [5, 5.41) is 11.5. The Morgan fingerprint density at radius 2 is 1.94 bits per heavy atom. The molecule has 32 heavy (non-hydrogen) atoms. The molecule has 162 valence electrons. The van der Waals surface area contributed by atoms with Gasteiger partial charge in [-0.3, -0.25) is 10.1 Å². The average molecular weight is 425 g/mol. The zero-order valence-electron chi connectivity index (χ0n) is 18.6. The maximum absolute atomic E-state index is 5.82. The van der Waals surface area contributed by atoms with Gasteiger partial charge in [0.2, 0.25) is 0 Å². The van der Waals surface area contributed by atoms with Gasteiger partial charge < -0.3 is 16.0 Å². The van der Waals surface area contributed by atoms with E-state index >= 15 is 0 Å². The quantitative estimate of drug-likeness (QED) is 0.183. The first-order valence-electron chi connectivity index (χ1n) is 10.6. The van der Waals surface area contributed by atoms with Crippen LogP contribution in [0.5, 0.6) is 0 Å². The van der Waals surface area contributed by atoms with Crippen molar-refractivity contribution in [2.45, 2.75) is 20.8 Å². The van der Waals surface area contributed by atoms with Crippen LogP contribution in [-0.2, 0) is 0 Å². The van der Waals surface area contributed by atoms with E-state index in [1.54, 1.807) is 0 Å². The molecule has 2 aromatic carbocycles. The van der Waals surface area contributed by atoms with Crippen molar-refractivity contribution in [3.05, 3.63) is 89.9 Å². The van der Waals surface area contributed by atoms with E-state index in [4.69, 9.17) is 5.73 Å². The maximum Gasteiger partial charge on any atom is 0.130 e. The summed E-state index contributed by atoms with van der Waals surface area (Å²) in [7, 11) is 0. The number of aryl methyl sites for hydroxylation is 1. The molecule has 0 aliphatic heterocycles. The third-order valence-corrected chi connectivity index (χ3v) is 5.39. The third kappa shape index (κ3) is 4.55. The van der Waals surface area contributed by atoms with Crippen molar-refractivity contribution < 1.29 is 0 Å². The second kappa shape index (κ2) is 9.49. The first-order chi connectivity index (χ1) is 15.6. The van der Waals surface area contributed by atoms with Gasteiger partial charge in [-0.1, -0.05) is 36.4 Å². The first-order valence-corrected chi connectivity index (χ1v) is 10.6. The predicted octanol–water partition coefficient (Wildman–Crippen LogP) is 5.64. The molecule has 4 aromatic rings. The fourth-order valence-electron chi connectivity index (χ4n) is 3.81. The Labute approximate surface area is 188 Å². The minimum atomic E-state index is 0.199. The fraction of sp³-hybridized carbons (Fsp3) is 0.154. The standard InChI is InChI=1S/C26H28N6/c1-4-5-24(20-6-7-21-12-17(2)31-25(21)13-20)18(3)26(28-16-27)32-23-10-8-19(9-11-23)22-14-29-30-15-22/h4-15,31H,16,27H2,1-3H3,(H,28,32)(H,29,30)/b5-4-,24-18-. The van der Waals surface area contributed by atoms with Gasteiger partial charge in [0.15, 0.2) is 0 Å². The number of nitrogens with two attached hydrogens (primary N) is 1. The first kappa shape index (κ1) is 21.3. The zero-order valence-corrected chi connectivity index (χ0v) is 18.6. The van der Waals surface area contributed by atoms with E-state index in [0.717, 1.165) is 50.6 Å². The van der Waals surface area contributed by atoms with Crippen molar-refractivity contribution in [3.8, 4) is 11.1 Å².